The highest BCUT2D eigenvalue weighted by molar-refractivity contribution is 5.79. The Kier molecular flexibility index (Phi) is 5.67. The van der Waals surface area contributed by atoms with Gasteiger partial charge in [0.1, 0.15) is 5.82 Å². The molecular formula is C15H20FNO3. The quantitative estimate of drug-likeness (QED) is 0.871. The molecule has 4 nitrogen and oxygen atoms in total. The standard InChI is InChI=1S/C15H20FNO3/c1-10(2)14(18)17(8-11(3)15(19)20)9-12-4-6-13(16)7-5-12/h4-7,10-11H,8-9H2,1-3H3,(H,19,20). The zero-order valence-electron chi connectivity index (χ0n) is 12.0. The number of hydrogen-bond acceptors (Lipinski definition) is 2. The number of benzene rings is 1. The molecule has 0 spiro atoms. The first-order chi connectivity index (χ1) is 9.31. The second-order valence-corrected chi connectivity index (χ2v) is 5.24. The van der Waals surface area contributed by atoms with Crippen LogP contribution in [0.15, 0.2) is 24.3 Å². The van der Waals surface area contributed by atoms with Gasteiger partial charge in [-0.25, -0.2) is 4.39 Å². The lowest BCUT2D eigenvalue weighted by atomic mass is 10.1. The molecule has 0 aliphatic carbocycles. The van der Waals surface area contributed by atoms with E-state index in [-0.39, 0.29) is 30.7 Å². The summed E-state index contributed by atoms with van der Waals surface area (Å²) in [7, 11) is 0. The molecule has 0 saturated heterocycles. The van der Waals surface area contributed by atoms with Gasteiger partial charge in [0.15, 0.2) is 0 Å². The topological polar surface area (TPSA) is 57.6 Å². The number of carboxylic acid groups (broad SMARTS) is 1. The number of carbonyl (C=O) groups excluding carboxylic acids is 1. The van der Waals surface area contributed by atoms with Crippen molar-refractivity contribution >= 4 is 11.9 Å². The predicted molar refractivity (Wildman–Crippen MR) is 73.5 cm³/mol. The first-order valence-electron chi connectivity index (χ1n) is 6.57. The summed E-state index contributed by atoms with van der Waals surface area (Å²) in [6, 6.07) is 5.85. The maximum absolute atomic E-state index is 12.9. The van der Waals surface area contributed by atoms with Crippen molar-refractivity contribution < 1.29 is 19.1 Å². The summed E-state index contributed by atoms with van der Waals surface area (Å²) < 4.78 is 12.9. The van der Waals surface area contributed by atoms with Crippen LogP contribution in [0.25, 0.3) is 0 Å². The number of halogens is 1. The molecule has 1 rings (SSSR count). The molecule has 1 aromatic rings. The highest BCUT2D eigenvalue weighted by Crippen LogP contribution is 2.12. The van der Waals surface area contributed by atoms with E-state index in [2.05, 4.69) is 0 Å². The van der Waals surface area contributed by atoms with Crippen LogP contribution >= 0.6 is 0 Å². The van der Waals surface area contributed by atoms with Crippen molar-refractivity contribution in [3.05, 3.63) is 35.6 Å². The molecule has 0 radical (unpaired) electrons. The lowest BCUT2D eigenvalue weighted by Crippen LogP contribution is -2.38. The number of carbonyl (C=O) groups is 2. The van der Waals surface area contributed by atoms with Crippen LogP contribution in [0.4, 0.5) is 4.39 Å². The van der Waals surface area contributed by atoms with Gasteiger partial charge in [0.2, 0.25) is 5.91 Å². The highest BCUT2D eigenvalue weighted by atomic mass is 19.1. The van der Waals surface area contributed by atoms with Crippen LogP contribution in [-0.2, 0) is 16.1 Å². The predicted octanol–water partition coefficient (Wildman–Crippen LogP) is 2.53. The van der Waals surface area contributed by atoms with Gasteiger partial charge in [0.05, 0.1) is 5.92 Å². The fourth-order valence-corrected chi connectivity index (χ4v) is 1.82. The molecule has 0 saturated carbocycles. The second-order valence-electron chi connectivity index (χ2n) is 5.24. The lowest BCUT2D eigenvalue weighted by Gasteiger charge is -2.26. The summed E-state index contributed by atoms with van der Waals surface area (Å²) in [6.45, 7) is 5.53. The van der Waals surface area contributed by atoms with Crippen LogP contribution in [0.2, 0.25) is 0 Å². The molecule has 1 N–H and O–H groups in total. The lowest BCUT2D eigenvalue weighted by molar-refractivity contribution is -0.144. The van der Waals surface area contributed by atoms with Gasteiger partial charge in [0.25, 0.3) is 0 Å². The number of carboxylic acids is 1. The van der Waals surface area contributed by atoms with Crippen molar-refractivity contribution in [2.45, 2.75) is 27.3 Å². The Morgan fingerprint density at radius 3 is 2.20 bits per heavy atom. The van der Waals surface area contributed by atoms with Gasteiger partial charge < -0.3 is 10.0 Å². The number of nitrogens with zero attached hydrogens (tertiary/aromatic N) is 1. The molecule has 5 heteroatoms. The number of amides is 1. The van der Waals surface area contributed by atoms with Crippen molar-refractivity contribution in [3.8, 4) is 0 Å². The van der Waals surface area contributed by atoms with E-state index in [0.29, 0.717) is 0 Å². The molecule has 1 amide bonds. The van der Waals surface area contributed by atoms with Crippen LogP contribution in [0.5, 0.6) is 0 Å². The average molecular weight is 281 g/mol. The smallest absolute Gasteiger partial charge is 0.308 e. The summed E-state index contributed by atoms with van der Waals surface area (Å²) in [5, 5.41) is 8.97. The van der Waals surface area contributed by atoms with E-state index in [0.717, 1.165) is 5.56 Å². The Morgan fingerprint density at radius 1 is 1.20 bits per heavy atom. The van der Waals surface area contributed by atoms with Crippen molar-refractivity contribution in [2.75, 3.05) is 6.54 Å². The monoisotopic (exact) mass is 281 g/mol. The fourth-order valence-electron chi connectivity index (χ4n) is 1.82. The molecule has 0 heterocycles. The molecule has 110 valence electrons. The summed E-state index contributed by atoms with van der Waals surface area (Å²) in [5.74, 6) is -2.24. The number of rotatable bonds is 6. The normalized spacial score (nSPS) is 12.2. The average Bonchev–Trinajstić information content (AvgIpc) is 2.39. The summed E-state index contributed by atoms with van der Waals surface area (Å²) in [4.78, 5) is 24.6. The zero-order valence-corrected chi connectivity index (χ0v) is 12.0. The molecule has 0 aliphatic rings. The van der Waals surface area contributed by atoms with E-state index in [1.165, 1.54) is 17.0 Å². The van der Waals surface area contributed by atoms with E-state index < -0.39 is 11.9 Å². The second kappa shape index (κ2) is 7.03. The molecule has 0 fully saturated rings. The van der Waals surface area contributed by atoms with Crippen molar-refractivity contribution in [3.63, 3.8) is 0 Å². The van der Waals surface area contributed by atoms with Crippen molar-refractivity contribution in [1.82, 2.24) is 4.90 Å². The Hall–Kier alpha value is -1.91. The van der Waals surface area contributed by atoms with Crippen molar-refractivity contribution in [2.24, 2.45) is 11.8 Å². The number of aliphatic carboxylic acids is 1. The first kappa shape index (κ1) is 16.1. The van der Waals surface area contributed by atoms with Crippen LogP contribution in [0.1, 0.15) is 26.3 Å². The third-order valence-corrected chi connectivity index (χ3v) is 3.01. The maximum atomic E-state index is 12.9. The van der Waals surface area contributed by atoms with Crippen LogP contribution in [0.3, 0.4) is 0 Å². The Bertz CT molecular complexity index is 471. The van der Waals surface area contributed by atoms with E-state index >= 15 is 0 Å². The van der Waals surface area contributed by atoms with Gasteiger partial charge in [-0.05, 0) is 17.7 Å². The Balaban J connectivity index is 2.84. The van der Waals surface area contributed by atoms with Gasteiger partial charge in [-0.3, -0.25) is 9.59 Å². The maximum Gasteiger partial charge on any atom is 0.308 e. The summed E-state index contributed by atoms with van der Waals surface area (Å²) in [5.41, 5.74) is 0.776. The zero-order chi connectivity index (χ0) is 15.3. The van der Waals surface area contributed by atoms with Gasteiger partial charge in [0, 0.05) is 19.0 Å². The van der Waals surface area contributed by atoms with Crippen LogP contribution < -0.4 is 0 Å². The largest absolute Gasteiger partial charge is 0.481 e. The van der Waals surface area contributed by atoms with Crippen molar-refractivity contribution in [1.29, 1.82) is 0 Å². The molecule has 1 atom stereocenters. The van der Waals surface area contributed by atoms with Gasteiger partial charge in [-0.1, -0.05) is 32.9 Å². The minimum Gasteiger partial charge on any atom is -0.481 e. The molecule has 20 heavy (non-hydrogen) atoms. The third kappa shape index (κ3) is 4.64. The highest BCUT2D eigenvalue weighted by Gasteiger charge is 2.22. The summed E-state index contributed by atoms with van der Waals surface area (Å²) in [6.07, 6.45) is 0. The van der Waals surface area contributed by atoms with E-state index in [1.54, 1.807) is 32.9 Å². The molecule has 0 aromatic heterocycles. The Labute approximate surface area is 118 Å². The minimum absolute atomic E-state index is 0.109. The third-order valence-electron chi connectivity index (χ3n) is 3.01. The fraction of sp³-hybridized carbons (Fsp3) is 0.467. The van der Waals surface area contributed by atoms with E-state index in [4.69, 9.17) is 5.11 Å². The Morgan fingerprint density at radius 2 is 1.75 bits per heavy atom. The van der Waals surface area contributed by atoms with Gasteiger partial charge >= 0.3 is 5.97 Å². The van der Waals surface area contributed by atoms with Crippen LogP contribution in [0, 0.1) is 17.7 Å². The molecule has 0 bridgehead atoms. The molecular weight excluding hydrogens is 261 g/mol. The molecule has 0 aliphatic heterocycles. The molecule has 1 aromatic carbocycles. The van der Waals surface area contributed by atoms with E-state index in [9.17, 15) is 14.0 Å². The first-order valence-corrected chi connectivity index (χ1v) is 6.57. The van der Waals surface area contributed by atoms with Crippen LogP contribution in [-0.4, -0.2) is 28.4 Å². The molecule has 1 unspecified atom stereocenters. The minimum atomic E-state index is -0.939. The van der Waals surface area contributed by atoms with E-state index in [1.807, 2.05) is 0 Å². The van der Waals surface area contributed by atoms with Gasteiger partial charge in [-0.2, -0.15) is 0 Å². The summed E-state index contributed by atoms with van der Waals surface area (Å²) >= 11 is 0. The SMILES string of the molecule is CC(C)C(=O)N(Cc1ccc(F)cc1)CC(C)C(=O)O. The van der Waals surface area contributed by atoms with Gasteiger partial charge in [-0.15, -0.1) is 0 Å². The number of hydrogen-bond donors (Lipinski definition) is 1.